The lowest BCUT2D eigenvalue weighted by molar-refractivity contribution is -0.133. The average molecular weight is 421 g/mol. The Hall–Kier alpha value is -3.35. The molecule has 0 saturated heterocycles. The highest BCUT2D eigenvalue weighted by Crippen LogP contribution is 2.41. The fourth-order valence-electron chi connectivity index (χ4n) is 3.79. The van der Waals surface area contributed by atoms with Crippen molar-refractivity contribution in [1.29, 1.82) is 0 Å². The summed E-state index contributed by atoms with van der Waals surface area (Å²) in [6.45, 7) is 2.65. The van der Waals surface area contributed by atoms with Crippen LogP contribution in [0.4, 0.5) is 0 Å². The van der Waals surface area contributed by atoms with Crippen LogP contribution in [0.5, 0.6) is 5.75 Å². The first kappa shape index (κ1) is 20.9. The van der Waals surface area contributed by atoms with Crippen LogP contribution in [0.2, 0.25) is 0 Å². The highest BCUT2D eigenvalue weighted by molar-refractivity contribution is 6.05. The fraction of sp³-hybridized carbons (Fsp3) is 0.375. The summed E-state index contributed by atoms with van der Waals surface area (Å²) in [7, 11) is 1.68. The van der Waals surface area contributed by atoms with Gasteiger partial charge in [0.15, 0.2) is 0 Å². The molecule has 1 aliphatic heterocycles. The Bertz CT molecular complexity index is 985. The van der Waals surface area contributed by atoms with Crippen LogP contribution in [0.15, 0.2) is 48.5 Å². The van der Waals surface area contributed by atoms with Crippen molar-refractivity contribution in [2.45, 2.75) is 31.8 Å². The Morgan fingerprint density at radius 1 is 1.13 bits per heavy atom. The molecular formula is C24H27N3O4. The van der Waals surface area contributed by atoms with E-state index in [2.05, 4.69) is 5.32 Å². The summed E-state index contributed by atoms with van der Waals surface area (Å²) in [4.78, 5) is 41.4. The molecule has 1 N–H and O–H groups in total. The second-order valence-corrected chi connectivity index (χ2v) is 8.13. The van der Waals surface area contributed by atoms with Gasteiger partial charge in [-0.3, -0.25) is 14.4 Å². The van der Waals surface area contributed by atoms with Gasteiger partial charge in [-0.25, -0.2) is 0 Å². The number of nitrogens with zero attached hydrogens (tertiary/aromatic N) is 2. The minimum Gasteiger partial charge on any atom is -0.492 e. The van der Waals surface area contributed by atoms with E-state index in [0.717, 1.165) is 24.2 Å². The number of hydrogen-bond donors (Lipinski definition) is 1. The molecule has 2 aliphatic rings. The van der Waals surface area contributed by atoms with E-state index in [1.54, 1.807) is 24.1 Å². The standard InChI is InChI=1S/C24H27N3O4/c1-16-7-11-18(12-8-16)31-14-13-26(2)21(28)15-25-23(29)22-19-5-3-4-6-20(19)24(30)27(22)17-9-10-17/h3-8,11-12,17,22H,9-10,13-15H2,1-2H3,(H,25,29)/t22-/m0/s1. The topological polar surface area (TPSA) is 79.0 Å². The maximum atomic E-state index is 12.9. The Morgan fingerprint density at radius 2 is 1.84 bits per heavy atom. The molecule has 3 amide bonds. The van der Waals surface area contributed by atoms with E-state index in [0.29, 0.717) is 24.3 Å². The first-order chi connectivity index (χ1) is 15.0. The molecule has 2 aromatic rings. The molecule has 0 aromatic heterocycles. The summed E-state index contributed by atoms with van der Waals surface area (Å²) in [6, 6.07) is 14.4. The number of carbonyl (C=O) groups excluding carboxylic acids is 3. The number of aryl methyl sites for hydroxylation is 1. The SMILES string of the molecule is Cc1ccc(OCCN(C)C(=O)CNC(=O)[C@@H]2c3ccccc3C(=O)N2C2CC2)cc1. The van der Waals surface area contributed by atoms with Crippen LogP contribution in [-0.2, 0) is 9.59 Å². The van der Waals surface area contributed by atoms with E-state index in [4.69, 9.17) is 4.74 Å². The number of carbonyl (C=O) groups is 3. The Labute approximate surface area is 182 Å². The third-order valence-electron chi connectivity index (χ3n) is 5.74. The summed E-state index contributed by atoms with van der Waals surface area (Å²) in [5.74, 6) is 0.124. The molecule has 1 atom stereocenters. The lowest BCUT2D eigenvalue weighted by atomic mass is 10.0. The van der Waals surface area contributed by atoms with Gasteiger partial charge >= 0.3 is 0 Å². The average Bonchev–Trinajstić information content (AvgIpc) is 3.57. The Morgan fingerprint density at radius 3 is 2.55 bits per heavy atom. The van der Waals surface area contributed by atoms with E-state index >= 15 is 0 Å². The van der Waals surface area contributed by atoms with Gasteiger partial charge in [-0.15, -0.1) is 0 Å². The molecule has 0 radical (unpaired) electrons. The molecule has 162 valence electrons. The number of nitrogens with one attached hydrogen (secondary N) is 1. The van der Waals surface area contributed by atoms with Crippen molar-refractivity contribution in [1.82, 2.24) is 15.1 Å². The van der Waals surface area contributed by atoms with Gasteiger partial charge in [-0.2, -0.15) is 0 Å². The minimum atomic E-state index is -0.667. The maximum Gasteiger partial charge on any atom is 0.255 e. The van der Waals surface area contributed by atoms with Crippen LogP contribution in [0.3, 0.4) is 0 Å². The Kier molecular flexibility index (Phi) is 5.93. The number of amides is 3. The first-order valence-corrected chi connectivity index (χ1v) is 10.6. The second kappa shape index (κ2) is 8.79. The van der Waals surface area contributed by atoms with Crippen molar-refractivity contribution in [2.75, 3.05) is 26.7 Å². The van der Waals surface area contributed by atoms with E-state index < -0.39 is 6.04 Å². The molecule has 7 nitrogen and oxygen atoms in total. The van der Waals surface area contributed by atoms with Gasteiger partial charge in [-0.1, -0.05) is 35.9 Å². The molecule has 31 heavy (non-hydrogen) atoms. The molecule has 0 unspecified atom stereocenters. The van der Waals surface area contributed by atoms with Crippen molar-refractivity contribution in [3.05, 3.63) is 65.2 Å². The number of ether oxygens (including phenoxy) is 1. The Balaban J connectivity index is 1.30. The van der Waals surface area contributed by atoms with Crippen LogP contribution in [0.1, 0.15) is 40.4 Å². The number of hydrogen-bond acceptors (Lipinski definition) is 4. The molecule has 0 bridgehead atoms. The minimum absolute atomic E-state index is 0.102. The molecule has 2 aromatic carbocycles. The van der Waals surface area contributed by atoms with E-state index in [1.807, 2.05) is 43.3 Å². The van der Waals surface area contributed by atoms with Gasteiger partial charge < -0.3 is 19.9 Å². The molecule has 0 spiro atoms. The molecule has 1 heterocycles. The van der Waals surface area contributed by atoms with Crippen LogP contribution in [0, 0.1) is 6.92 Å². The predicted octanol–water partition coefficient (Wildman–Crippen LogP) is 2.31. The number of benzene rings is 2. The van der Waals surface area contributed by atoms with E-state index in [9.17, 15) is 14.4 Å². The normalized spacial score (nSPS) is 17.3. The van der Waals surface area contributed by atoms with Gasteiger partial charge in [0, 0.05) is 18.7 Å². The monoisotopic (exact) mass is 421 g/mol. The largest absolute Gasteiger partial charge is 0.492 e. The third-order valence-corrected chi connectivity index (χ3v) is 5.74. The van der Waals surface area contributed by atoms with Crippen molar-refractivity contribution in [3.8, 4) is 5.75 Å². The van der Waals surface area contributed by atoms with Crippen LogP contribution >= 0.6 is 0 Å². The molecule has 1 saturated carbocycles. The van der Waals surface area contributed by atoms with Gasteiger partial charge in [0.2, 0.25) is 11.8 Å². The predicted molar refractivity (Wildman–Crippen MR) is 116 cm³/mol. The quantitative estimate of drug-likeness (QED) is 0.710. The zero-order valence-corrected chi connectivity index (χ0v) is 17.8. The first-order valence-electron chi connectivity index (χ1n) is 10.6. The molecule has 4 rings (SSSR count). The number of likely N-dealkylation sites (N-methyl/N-ethyl adjacent to an activating group) is 1. The highest BCUT2D eigenvalue weighted by Gasteiger charge is 2.47. The van der Waals surface area contributed by atoms with Gasteiger partial charge in [0.25, 0.3) is 5.91 Å². The zero-order chi connectivity index (χ0) is 22.0. The molecular weight excluding hydrogens is 394 g/mol. The van der Waals surface area contributed by atoms with Gasteiger partial charge in [-0.05, 0) is 43.5 Å². The summed E-state index contributed by atoms with van der Waals surface area (Å²) in [5, 5.41) is 2.73. The summed E-state index contributed by atoms with van der Waals surface area (Å²) in [6.07, 6.45) is 1.82. The highest BCUT2D eigenvalue weighted by atomic mass is 16.5. The lowest BCUT2D eigenvalue weighted by Crippen LogP contribution is -2.44. The van der Waals surface area contributed by atoms with Crippen molar-refractivity contribution < 1.29 is 19.1 Å². The summed E-state index contributed by atoms with van der Waals surface area (Å²) < 4.78 is 5.66. The van der Waals surface area contributed by atoms with Gasteiger partial charge in [0.05, 0.1) is 13.1 Å². The van der Waals surface area contributed by atoms with Crippen molar-refractivity contribution >= 4 is 17.7 Å². The second-order valence-electron chi connectivity index (χ2n) is 8.13. The van der Waals surface area contributed by atoms with E-state index in [1.165, 1.54) is 4.90 Å². The van der Waals surface area contributed by atoms with Crippen LogP contribution < -0.4 is 10.1 Å². The van der Waals surface area contributed by atoms with Crippen molar-refractivity contribution in [3.63, 3.8) is 0 Å². The summed E-state index contributed by atoms with van der Waals surface area (Å²) >= 11 is 0. The van der Waals surface area contributed by atoms with E-state index in [-0.39, 0.29) is 30.3 Å². The lowest BCUT2D eigenvalue weighted by Gasteiger charge is -2.25. The smallest absolute Gasteiger partial charge is 0.255 e. The molecule has 7 heteroatoms. The van der Waals surface area contributed by atoms with Crippen LogP contribution in [-0.4, -0.2) is 60.3 Å². The van der Waals surface area contributed by atoms with Crippen molar-refractivity contribution in [2.24, 2.45) is 0 Å². The maximum absolute atomic E-state index is 12.9. The summed E-state index contributed by atoms with van der Waals surface area (Å²) in [5.41, 5.74) is 2.44. The molecule has 1 fully saturated rings. The fourth-order valence-corrected chi connectivity index (χ4v) is 3.79. The van der Waals surface area contributed by atoms with Crippen LogP contribution in [0.25, 0.3) is 0 Å². The molecule has 1 aliphatic carbocycles. The van der Waals surface area contributed by atoms with Gasteiger partial charge in [0.1, 0.15) is 18.4 Å². The number of fused-ring (bicyclic) bond motifs is 1. The third kappa shape index (κ3) is 4.55. The number of rotatable bonds is 8. The zero-order valence-electron chi connectivity index (χ0n) is 17.8.